The minimum Gasteiger partial charge on any atom is -0.339 e. The van der Waals surface area contributed by atoms with Gasteiger partial charge < -0.3 is 9.80 Å². The average molecular weight is 439 g/mol. The molecular weight excluding hydrogens is 412 g/mol. The highest BCUT2D eigenvalue weighted by Crippen LogP contribution is 2.28. The van der Waals surface area contributed by atoms with Crippen LogP contribution in [0.5, 0.6) is 0 Å². The van der Waals surface area contributed by atoms with Crippen molar-refractivity contribution in [3.63, 3.8) is 0 Å². The number of rotatable bonds is 5. The highest BCUT2D eigenvalue weighted by atomic mass is 35.5. The summed E-state index contributed by atoms with van der Waals surface area (Å²) in [6.45, 7) is 2.06. The van der Waals surface area contributed by atoms with Crippen molar-refractivity contribution in [2.24, 2.45) is 5.92 Å². The third-order valence-electron chi connectivity index (χ3n) is 6.37. The number of piperazine rings is 1. The minimum absolute atomic E-state index is 0.166. The predicted octanol–water partition coefficient (Wildman–Crippen LogP) is 4.44. The van der Waals surface area contributed by atoms with Gasteiger partial charge in [-0.2, -0.15) is 0 Å². The summed E-state index contributed by atoms with van der Waals surface area (Å²) in [4.78, 5) is 42.4. The highest BCUT2D eigenvalue weighted by Gasteiger charge is 2.29. The van der Waals surface area contributed by atoms with Crippen LogP contribution in [-0.2, 0) is 4.79 Å². The molecule has 1 saturated carbocycles. The van der Waals surface area contributed by atoms with Gasteiger partial charge in [0.2, 0.25) is 5.91 Å². The van der Waals surface area contributed by atoms with Gasteiger partial charge in [0.1, 0.15) is 0 Å². The van der Waals surface area contributed by atoms with Gasteiger partial charge >= 0.3 is 0 Å². The lowest BCUT2D eigenvalue weighted by atomic mass is 9.97. The summed E-state index contributed by atoms with van der Waals surface area (Å²) >= 11 is 5.93. The first-order chi connectivity index (χ1) is 15.0. The molecule has 31 heavy (non-hydrogen) atoms. The van der Waals surface area contributed by atoms with Crippen LogP contribution in [0.25, 0.3) is 0 Å². The Bertz CT molecular complexity index is 959. The molecule has 6 heteroatoms. The Hall–Kier alpha value is -2.66. The molecule has 0 N–H and O–H groups in total. The maximum absolute atomic E-state index is 13.2. The first-order valence-corrected chi connectivity index (χ1v) is 11.4. The fourth-order valence-corrected chi connectivity index (χ4v) is 4.67. The Balaban J connectivity index is 1.42. The summed E-state index contributed by atoms with van der Waals surface area (Å²) < 4.78 is 0. The van der Waals surface area contributed by atoms with E-state index in [1.807, 2.05) is 4.90 Å². The number of nitrogens with zero attached hydrogens (tertiary/aromatic N) is 2. The van der Waals surface area contributed by atoms with Crippen LogP contribution < -0.4 is 0 Å². The van der Waals surface area contributed by atoms with Crippen LogP contribution in [0.3, 0.4) is 0 Å². The molecule has 2 aromatic carbocycles. The minimum atomic E-state index is -0.203. The van der Waals surface area contributed by atoms with Gasteiger partial charge in [0.05, 0.1) is 5.56 Å². The molecule has 4 rings (SSSR count). The van der Waals surface area contributed by atoms with Crippen molar-refractivity contribution in [3.8, 4) is 0 Å². The Morgan fingerprint density at radius 3 is 2.03 bits per heavy atom. The van der Waals surface area contributed by atoms with Gasteiger partial charge in [0, 0.05) is 48.7 Å². The van der Waals surface area contributed by atoms with E-state index in [-0.39, 0.29) is 17.6 Å². The van der Waals surface area contributed by atoms with E-state index in [2.05, 4.69) is 0 Å². The van der Waals surface area contributed by atoms with Crippen LogP contribution in [0.1, 0.15) is 58.4 Å². The monoisotopic (exact) mass is 438 g/mol. The summed E-state index contributed by atoms with van der Waals surface area (Å²) in [6.07, 6.45) is 5.40. The number of carbonyl (C=O) groups is 3. The van der Waals surface area contributed by atoms with Crippen LogP contribution in [0.4, 0.5) is 0 Å². The smallest absolute Gasteiger partial charge is 0.254 e. The quantitative estimate of drug-likeness (QED) is 0.648. The Kier molecular flexibility index (Phi) is 6.71. The van der Waals surface area contributed by atoms with Gasteiger partial charge in [0.15, 0.2) is 5.78 Å². The fraction of sp³-hybridized carbons (Fsp3) is 0.400. The molecule has 2 fully saturated rings. The van der Waals surface area contributed by atoms with Crippen molar-refractivity contribution >= 4 is 29.2 Å². The van der Waals surface area contributed by atoms with Crippen LogP contribution >= 0.6 is 11.6 Å². The highest BCUT2D eigenvalue weighted by molar-refractivity contribution is 6.30. The number of halogens is 1. The van der Waals surface area contributed by atoms with E-state index in [1.165, 1.54) is 12.8 Å². The van der Waals surface area contributed by atoms with Gasteiger partial charge in [-0.3, -0.25) is 14.4 Å². The number of hydrogen-bond donors (Lipinski definition) is 0. The van der Waals surface area contributed by atoms with Crippen molar-refractivity contribution in [1.82, 2.24) is 9.80 Å². The summed E-state index contributed by atoms with van der Waals surface area (Å²) in [6, 6.07) is 13.6. The summed E-state index contributed by atoms with van der Waals surface area (Å²) in [5, 5.41) is 0.557. The third kappa shape index (κ3) is 4.99. The number of amides is 2. The second kappa shape index (κ2) is 9.65. The Labute approximate surface area is 188 Å². The molecule has 0 spiro atoms. The molecule has 2 aliphatic rings. The Morgan fingerprint density at radius 1 is 0.806 bits per heavy atom. The zero-order chi connectivity index (χ0) is 21.8. The Morgan fingerprint density at radius 2 is 1.39 bits per heavy atom. The fourth-order valence-electron chi connectivity index (χ4n) is 4.54. The van der Waals surface area contributed by atoms with Gasteiger partial charge in [-0.15, -0.1) is 0 Å². The number of benzene rings is 2. The number of ketones is 1. The zero-order valence-corrected chi connectivity index (χ0v) is 18.3. The van der Waals surface area contributed by atoms with E-state index in [4.69, 9.17) is 11.6 Å². The van der Waals surface area contributed by atoms with Crippen LogP contribution in [-0.4, -0.2) is 53.6 Å². The maximum Gasteiger partial charge on any atom is 0.254 e. The molecule has 0 bridgehead atoms. The van der Waals surface area contributed by atoms with Crippen LogP contribution in [0.15, 0.2) is 48.5 Å². The topological polar surface area (TPSA) is 57.7 Å². The van der Waals surface area contributed by atoms with Crippen molar-refractivity contribution in [3.05, 3.63) is 70.2 Å². The lowest BCUT2D eigenvalue weighted by Crippen LogP contribution is -2.51. The molecule has 1 heterocycles. The van der Waals surface area contributed by atoms with Crippen molar-refractivity contribution in [2.45, 2.75) is 32.1 Å². The number of hydrogen-bond acceptors (Lipinski definition) is 3. The molecule has 2 amide bonds. The molecule has 1 saturated heterocycles. The van der Waals surface area contributed by atoms with E-state index in [9.17, 15) is 14.4 Å². The van der Waals surface area contributed by atoms with E-state index in [0.29, 0.717) is 60.2 Å². The van der Waals surface area contributed by atoms with Crippen molar-refractivity contribution in [2.75, 3.05) is 26.2 Å². The standard InChI is InChI=1S/C25H27ClN2O3/c26-20-11-9-19(10-12-20)24(30)21-7-3-4-8-22(21)25(31)28-15-13-27(14-16-28)23(29)17-18-5-1-2-6-18/h3-4,7-12,18H,1-2,5-6,13-17H2. The summed E-state index contributed by atoms with van der Waals surface area (Å²) in [5.41, 5.74) is 1.27. The molecule has 1 aliphatic carbocycles. The zero-order valence-electron chi connectivity index (χ0n) is 17.6. The van der Waals surface area contributed by atoms with E-state index in [0.717, 1.165) is 12.8 Å². The lowest BCUT2D eigenvalue weighted by Gasteiger charge is -2.35. The molecule has 1 aliphatic heterocycles. The van der Waals surface area contributed by atoms with E-state index < -0.39 is 0 Å². The molecule has 5 nitrogen and oxygen atoms in total. The molecule has 0 unspecified atom stereocenters. The largest absolute Gasteiger partial charge is 0.339 e. The summed E-state index contributed by atoms with van der Waals surface area (Å²) in [7, 11) is 0. The van der Waals surface area contributed by atoms with Crippen LogP contribution in [0.2, 0.25) is 5.02 Å². The SMILES string of the molecule is O=C(c1ccc(Cl)cc1)c1ccccc1C(=O)N1CCN(C(=O)CC2CCCC2)CC1. The van der Waals surface area contributed by atoms with Gasteiger partial charge in [-0.25, -0.2) is 0 Å². The summed E-state index contributed by atoms with van der Waals surface area (Å²) in [5.74, 6) is 0.363. The van der Waals surface area contributed by atoms with E-state index >= 15 is 0 Å². The second-order valence-electron chi connectivity index (χ2n) is 8.41. The molecule has 0 aromatic heterocycles. The maximum atomic E-state index is 13.2. The van der Waals surface area contributed by atoms with Crippen molar-refractivity contribution < 1.29 is 14.4 Å². The first-order valence-electron chi connectivity index (χ1n) is 11.0. The molecule has 2 aromatic rings. The predicted molar refractivity (Wildman–Crippen MR) is 120 cm³/mol. The molecule has 162 valence electrons. The first kappa shape index (κ1) is 21.6. The van der Waals surface area contributed by atoms with Crippen LogP contribution in [0, 0.1) is 5.92 Å². The average Bonchev–Trinajstić information content (AvgIpc) is 3.32. The van der Waals surface area contributed by atoms with Gasteiger partial charge in [0.25, 0.3) is 5.91 Å². The molecule has 0 radical (unpaired) electrons. The lowest BCUT2D eigenvalue weighted by molar-refractivity contribution is -0.133. The third-order valence-corrected chi connectivity index (χ3v) is 6.62. The normalized spacial score (nSPS) is 17.1. The van der Waals surface area contributed by atoms with E-state index in [1.54, 1.807) is 53.4 Å². The molecule has 0 atom stereocenters. The van der Waals surface area contributed by atoms with Gasteiger partial charge in [-0.05, 0) is 49.1 Å². The second-order valence-corrected chi connectivity index (χ2v) is 8.85. The van der Waals surface area contributed by atoms with Gasteiger partial charge in [-0.1, -0.05) is 42.6 Å². The van der Waals surface area contributed by atoms with Crippen molar-refractivity contribution in [1.29, 1.82) is 0 Å². The molecular formula is C25H27ClN2O3. The number of carbonyl (C=O) groups excluding carboxylic acids is 3.